The van der Waals surface area contributed by atoms with Crippen molar-refractivity contribution in [3.05, 3.63) is 29.3 Å². The van der Waals surface area contributed by atoms with Gasteiger partial charge in [-0.3, -0.25) is 9.79 Å². The standard InChI is InChI=1S/C14H23O4P.Na.H/c1-13(2,3)10-7-8-12(18-19(15,16)17)11(9-10)14(4,5)6;;/h7-9H,1-6H3,(H2,15,16,17);;/q;+1;-1. The molecule has 6 heteroatoms. The van der Waals surface area contributed by atoms with E-state index in [4.69, 9.17) is 14.3 Å². The van der Waals surface area contributed by atoms with Crippen LogP contribution in [0.15, 0.2) is 18.2 Å². The van der Waals surface area contributed by atoms with Gasteiger partial charge < -0.3 is 5.95 Å². The van der Waals surface area contributed by atoms with Gasteiger partial charge in [0.05, 0.1) is 0 Å². The fourth-order valence-electron chi connectivity index (χ4n) is 1.79. The Morgan fingerprint density at radius 2 is 1.55 bits per heavy atom. The van der Waals surface area contributed by atoms with Gasteiger partial charge in [0.25, 0.3) is 0 Å². The van der Waals surface area contributed by atoms with E-state index >= 15 is 0 Å². The van der Waals surface area contributed by atoms with Crippen molar-refractivity contribution in [3.63, 3.8) is 0 Å². The molecule has 0 atom stereocenters. The molecule has 2 N–H and O–H groups in total. The first kappa shape index (κ1) is 20.2. The Balaban J connectivity index is 0. The Morgan fingerprint density at radius 3 is 1.90 bits per heavy atom. The van der Waals surface area contributed by atoms with Gasteiger partial charge in [0.2, 0.25) is 0 Å². The minimum absolute atomic E-state index is 0. The van der Waals surface area contributed by atoms with Crippen LogP contribution in [0.5, 0.6) is 5.75 Å². The van der Waals surface area contributed by atoms with E-state index in [1.807, 2.05) is 32.9 Å². The molecule has 0 aliphatic rings. The van der Waals surface area contributed by atoms with E-state index in [2.05, 4.69) is 20.8 Å². The molecule has 0 heterocycles. The van der Waals surface area contributed by atoms with Crippen molar-refractivity contribution < 1.29 is 49.9 Å². The predicted octanol–water partition coefficient (Wildman–Crippen LogP) is 0.870. The summed E-state index contributed by atoms with van der Waals surface area (Å²) in [4.78, 5) is 18.0. The smallest absolute Gasteiger partial charge is 1.00 e. The van der Waals surface area contributed by atoms with Crippen LogP contribution in [0.3, 0.4) is 0 Å². The van der Waals surface area contributed by atoms with Crippen LogP contribution >= 0.6 is 7.82 Å². The fraction of sp³-hybridized carbons (Fsp3) is 0.571. The van der Waals surface area contributed by atoms with Gasteiger partial charge in [0, 0.05) is 5.56 Å². The number of hydrogen-bond donors (Lipinski definition) is 2. The Morgan fingerprint density at radius 1 is 1.05 bits per heavy atom. The molecule has 4 nitrogen and oxygen atoms in total. The van der Waals surface area contributed by atoms with Crippen molar-refractivity contribution >= 4 is 7.82 Å². The first-order valence-electron chi connectivity index (χ1n) is 6.21. The number of hydrogen-bond acceptors (Lipinski definition) is 2. The van der Waals surface area contributed by atoms with Crippen LogP contribution in [0.1, 0.15) is 54.1 Å². The van der Waals surface area contributed by atoms with Gasteiger partial charge in [-0.2, -0.15) is 0 Å². The third kappa shape index (κ3) is 5.88. The predicted molar refractivity (Wildman–Crippen MR) is 77.6 cm³/mol. The van der Waals surface area contributed by atoms with Crippen LogP contribution in [0, 0.1) is 0 Å². The summed E-state index contributed by atoms with van der Waals surface area (Å²) in [6.45, 7) is 12.2. The third-order valence-corrected chi connectivity index (χ3v) is 3.31. The minimum Gasteiger partial charge on any atom is -1.00 e. The minimum atomic E-state index is -4.54. The Hall–Kier alpha value is 0.170. The molecular formula is C14H24NaO4P. The average Bonchev–Trinajstić information content (AvgIpc) is 2.11. The van der Waals surface area contributed by atoms with E-state index in [0.717, 1.165) is 11.1 Å². The summed E-state index contributed by atoms with van der Waals surface area (Å²) in [6.07, 6.45) is 0. The van der Waals surface area contributed by atoms with Gasteiger partial charge in [-0.1, -0.05) is 53.7 Å². The second-order valence-electron chi connectivity index (χ2n) is 6.79. The van der Waals surface area contributed by atoms with Crippen molar-refractivity contribution in [1.82, 2.24) is 0 Å². The first-order chi connectivity index (χ1) is 8.31. The summed E-state index contributed by atoms with van der Waals surface area (Å²) in [7, 11) is -4.54. The molecule has 0 fully saturated rings. The summed E-state index contributed by atoms with van der Waals surface area (Å²) in [5.74, 6) is 0.244. The van der Waals surface area contributed by atoms with E-state index in [0.29, 0.717) is 0 Å². The Bertz CT molecular complexity index is 515. The molecule has 110 valence electrons. The molecular weight excluding hydrogens is 286 g/mol. The van der Waals surface area contributed by atoms with Gasteiger partial charge in [0.1, 0.15) is 5.75 Å². The summed E-state index contributed by atoms with van der Waals surface area (Å²) in [6, 6.07) is 5.45. The number of phosphoric acid groups is 1. The van der Waals surface area contributed by atoms with Crippen molar-refractivity contribution in [2.75, 3.05) is 0 Å². The van der Waals surface area contributed by atoms with Crippen molar-refractivity contribution in [2.24, 2.45) is 0 Å². The maximum Gasteiger partial charge on any atom is 1.00 e. The fourth-order valence-corrected chi connectivity index (χ4v) is 2.21. The molecule has 0 saturated carbocycles. The van der Waals surface area contributed by atoms with Crippen LogP contribution in [-0.4, -0.2) is 9.79 Å². The Kier molecular flexibility index (Phi) is 6.57. The van der Waals surface area contributed by atoms with Crippen molar-refractivity contribution in [3.8, 4) is 5.75 Å². The van der Waals surface area contributed by atoms with Crippen LogP contribution in [0.25, 0.3) is 0 Å². The second kappa shape index (κ2) is 6.51. The van der Waals surface area contributed by atoms with Crippen LogP contribution in [-0.2, 0) is 15.4 Å². The summed E-state index contributed by atoms with van der Waals surface area (Å²) >= 11 is 0. The van der Waals surface area contributed by atoms with E-state index in [1.54, 1.807) is 6.07 Å². The summed E-state index contributed by atoms with van der Waals surface area (Å²) < 4.78 is 15.8. The molecule has 0 bridgehead atoms. The molecule has 0 amide bonds. The van der Waals surface area contributed by atoms with Crippen LogP contribution < -0.4 is 34.1 Å². The largest absolute Gasteiger partial charge is 1.00 e. The molecule has 0 unspecified atom stereocenters. The molecule has 1 rings (SSSR count). The van der Waals surface area contributed by atoms with E-state index in [9.17, 15) is 4.57 Å². The van der Waals surface area contributed by atoms with E-state index < -0.39 is 7.82 Å². The maximum atomic E-state index is 11.0. The zero-order valence-corrected chi connectivity index (χ0v) is 16.3. The number of benzene rings is 1. The van der Waals surface area contributed by atoms with E-state index in [1.165, 1.54) is 0 Å². The summed E-state index contributed by atoms with van der Waals surface area (Å²) in [5.41, 5.74) is 1.62. The molecule has 0 saturated heterocycles. The topological polar surface area (TPSA) is 66.8 Å². The maximum absolute atomic E-state index is 11.0. The zero-order chi connectivity index (χ0) is 15.1. The Labute approximate surface area is 145 Å². The molecule has 0 radical (unpaired) electrons. The number of rotatable bonds is 2. The molecule has 0 aliphatic carbocycles. The molecule has 0 aliphatic heterocycles. The van der Waals surface area contributed by atoms with Crippen LogP contribution in [0.2, 0.25) is 0 Å². The quantitative estimate of drug-likeness (QED) is 0.628. The number of phosphoric ester groups is 1. The normalized spacial score (nSPS) is 12.8. The van der Waals surface area contributed by atoms with Crippen molar-refractivity contribution in [1.29, 1.82) is 0 Å². The monoisotopic (exact) mass is 310 g/mol. The average molecular weight is 310 g/mol. The summed E-state index contributed by atoms with van der Waals surface area (Å²) in [5, 5.41) is 0. The SMILES string of the molecule is CC(C)(C)c1ccc(OP(=O)(O)O)c(C(C)(C)C)c1.[H-].[Na+]. The molecule has 1 aromatic rings. The first-order valence-corrected chi connectivity index (χ1v) is 7.74. The third-order valence-electron chi connectivity index (χ3n) is 2.87. The van der Waals surface area contributed by atoms with Crippen LogP contribution in [0.4, 0.5) is 0 Å². The van der Waals surface area contributed by atoms with Gasteiger partial charge >= 0.3 is 37.4 Å². The molecule has 20 heavy (non-hydrogen) atoms. The van der Waals surface area contributed by atoms with Gasteiger partial charge in [-0.25, -0.2) is 4.57 Å². The molecule has 0 spiro atoms. The van der Waals surface area contributed by atoms with Crippen molar-refractivity contribution in [2.45, 2.75) is 52.4 Å². The molecule has 0 aromatic heterocycles. The van der Waals surface area contributed by atoms with Gasteiger partial charge in [0.15, 0.2) is 0 Å². The zero-order valence-electron chi connectivity index (χ0n) is 14.4. The molecule has 1 aromatic carbocycles. The van der Waals surface area contributed by atoms with E-state index in [-0.39, 0.29) is 47.6 Å². The van der Waals surface area contributed by atoms with Gasteiger partial charge in [-0.15, -0.1) is 0 Å². The van der Waals surface area contributed by atoms with Gasteiger partial charge in [-0.05, 0) is 22.5 Å². The second-order valence-corrected chi connectivity index (χ2v) is 7.96.